The molecule has 1 aliphatic heterocycles. The normalized spacial score (nSPS) is 52.8. The van der Waals surface area contributed by atoms with E-state index in [4.69, 9.17) is 4.74 Å². The minimum Gasteiger partial charge on any atom is -0.393 e. The first-order chi connectivity index (χ1) is 5.67. The molecule has 0 aromatic rings. The molecule has 1 N–H and O–H groups in total. The molecular formula is C10H18O2. The van der Waals surface area contributed by atoms with E-state index < -0.39 is 0 Å². The molecule has 2 fully saturated rings. The van der Waals surface area contributed by atoms with Crippen LogP contribution >= 0.6 is 0 Å². The Hall–Kier alpha value is -0.0800. The Morgan fingerprint density at radius 3 is 2.92 bits per heavy atom. The Kier molecular flexibility index (Phi) is 1.92. The van der Waals surface area contributed by atoms with Gasteiger partial charge in [0.05, 0.1) is 18.8 Å². The molecule has 1 heterocycles. The van der Waals surface area contributed by atoms with Crippen molar-refractivity contribution in [1.82, 2.24) is 0 Å². The van der Waals surface area contributed by atoms with E-state index in [1.54, 1.807) is 0 Å². The largest absolute Gasteiger partial charge is 0.393 e. The van der Waals surface area contributed by atoms with Crippen LogP contribution < -0.4 is 0 Å². The maximum atomic E-state index is 9.23. The van der Waals surface area contributed by atoms with Crippen molar-refractivity contribution >= 4 is 0 Å². The lowest BCUT2D eigenvalue weighted by atomic mass is 9.83. The zero-order valence-corrected chi connectivity index (χ0v) is 7.92. The van der Waals surface area contributed by atoms with Gasteiger partial charge >= 0.3 is 0 Å². The molecule has 0 amide bonds. The van der Waals surface area contributed by atoms with Gasteiger partial charge in [-0.1, -0.05) is 6.92 Å². The number of hydrogen-bond acceptors (Lipinski definition) is 2. The molecule has 0 aromatic carbocycles. The van der Waals surface area contributed by atoms with Crippen molar-refractivity contribution < 1.29 is 9.84 Å². The van der Waals surface area contributed by atoms with Gasteiger partial charge in [-0.25, -0.2) is 0 Å². The number of fused-ring (bicyclic) bond motifs is 1. The lowest BCUT2D eigenvalue weighted by Gasteiger charge is -2.27. The molecule has 2 nitrogen and oxygen atoms in total. The van der Waals surface area contributed by atoms with Crippen molar-refractivity contribution in [2.24, 2.45) is 17.8 Å². The third kappa shape index (κ3) is 1.01. The van der Waals surface area contributed by atoms with E-state index in [1.807, 2.05) is 0 Å². The van der Waals surface area contributed by atoms with Gasteiger partial charge in [0.1, 0.15) is 0 Å². The van der Waals surface area contributed by atoms with Crippen LogP contribution in [0.2, 0.25) is 0 Å². The first kappa shape index (κ1) is 8.52. The molecule has 2 rings (SSSR count). The first-order valence-electron chi connectivity index (χ1n) is 4.92. The summed E-state index contributed by atoms with van der Waals surface area (Å²) in [5, 5.41) is 9.23. The van der Waals surface area contributed by atoms with Crippen molar-refractivity contribution in [3.05, 3.63) is 0 Å². The highest BCUT2D eigenvalue weighted by Gasteiger charge is 2.50. The topological polar surface area (TPSA) is 29.5 Å². The minimum atomic E-state index is -0.227. The molecule has 0 aromatic heterocycles. The fourth-order valence-electron chi connectivity index (χ4n) is 2.86. The van der Waals surface area contributed by atoms with E-state index in [0.717, 1.165) is 12.5 Å². The zero-order valence-electron chi connectivity index (χ0n) is 7.92. The first-order valence-corrected chi connectivity index (χ1v) is 4.92. The van der Waals surface area contributed by atoms with Gasteiger partial charge in [-0.15, -0.1) is 0 Å². The number of aliphatic hydroxyl groups excluding tert-OH is 1. The van der Waals surface area contributed by atoms with Crippen LogP contribution in [0.25, 0.3) is 0 Å². The molecule has 70 valence electrons. The molecule has 2 aliphatic rings. The van der Waals surface area contributed by atoms with E-state index in [0.29, 0.717) is 11.8 Å². The summed E-state index contributed by atoms with van der Waals surface area (Å²) in [5.74, 6) is 2.11. The van der Waals surface area contributed by atoms with Gasteiger partial charge in [0.25, 0.3) is 0 Å². The van der Waals surface area contributed by atoms with E-state index in [9.17, 15) is 5.11 Å². The molecule has 12 heavy (non-hydrogen) atoms. The molecule has 1 saturated heterocycles. The van der Waals surface area contributed by atoms with Crippen LogP contribution in [-0.2, 0) is 4.74 Å². The van der Waals surface area contributed by atoms with Crippen molar-refractivity contribution in [3.8, 4) is 0 Å². The zero-order chi connectivity index (χ0) is 8.77. The highest BCUT2D eigenvalue weighted by Crippen LogP contribution is 2.49. The lowest BCUT2D eigenvalue weighted by molar-refractivity contribution is -0.0488. The summed E-state index contributed by atoms with van der Waals surface area (Å²) in [6.45, 7) is 5.40. The molecule has 4 atom stereocenters. The van der Waals surface area contributed by atoms with Crippen LogP contribution in [0.3, 0.4) is 0 Å². The van der Waals surface area contributed by atoms with E-state index in [2.05, 4.69) is 13.8 Å². The molecule has 0 spiro atoms. The summed E-state index contributed by atoms with van der Waals surface area (Å²) in [6.07, 6.45) is 2.55. The molecule has 0 radical (unpaired) electrons. The van der Waals surface area contributed by atoms with Crippen LogP contribution in [0.1, 0.15) is 26.7 Å². The fraction of sp³-hybridized carbons (Fsp3) is 1.00. The standard InChI is InChI=1S/C10H18O2/c1-7-3-4-9-8(7)5-12-10(9,2)6-11/h7-9,11H,3-6H2,1-2H3. The summed E-state index contributed by atoms with van der Waals surface area (Å²) in [6, 6.07) is 0. The quantitative estimate of drug-likeness (QED) is 0.645. The van der Waals surface area contributed by atoms with Crippen molar-refractivity contribution in [1.29, 1.82) is 0 Å². The third-order valence-corrected chi connectivity index (χ3v) is 3.88. The maximum absolute atomic E-state index is 9.23. The van der Waals surface area contributed by atoms with Crippen molar-refractivity contribution in [2.75, 3.05) is 13.2 Å². The summed E-state index contributed by atoms with van der Waals surface area (Å²) < 4.78 is 5.68. The predicted octanol–water partition coefficient (Wildman–Crippen LogP) is 1.43. The van der Waals surface area contributed by atoms with Crippen LogP contribution in [0.4, 0.5) is 0 Å². The van der Waals surface area contributed by atoms with Gasteiger partial charge in [0, 0.05) is 0 Å². The van der Waals surface area contributed by atoms with E-state index in [-0.39, 0.29) is 12.2 Å². The Bertz CT molecular complexity index is 181. The van der Waals surface area contributed by atoms with Crippen molar-refractivity contribution in [3.63, 3.8) is 0 Å². The summed E-state index contributed by atoms with van der Waals surface area (Å²) in [5.41, 5.74) is -0.227. The number of rotatable bonds is 1. The molecular weight excluding hydrogens is 152 g/mol. The summed E-state index contributed by atoms with van der Waals surface area (Å²) in [7, 11) is 0. The Balaban J connectivity index is 2.15. The van der Waals surface area contributed by atoms with Gasteiger partial charge in [-0.3, -0.25) is 0 Å². The number of aliphatic hydroxyl groups is 1. The van der Waals surface area contributed by atoms with Crippen molar-refractivity contribution in [2.45, 2.75) is 32.3 Å². The maximum Gasteiger partial charge on any atom is 0.0915 e. The Morgan fingerprint density at radius 2 is 2.25 bits per heavy atom. The minimum absolute atomic E-state index is 0.181. The van der Waals surface area contributed by atoms with Crippen LogP contribution in [0, 0.1) is 17.8 Å². The fourth-order valence-corrected chi connectivity index (χ4v) is 2.86. The van der Waals surface area contributed by atoms with Gasteiger partial charge < -0.3 is 9.84 Å². The Morgan fingerprint density at radius 1 is 1.50 bits per heavy atom. The van der Waals surface area contributed by atoms with Gasteiger partial charge in [-0.2, -0.15) is 0 Å². The molecule has 2 heteroatoms. The predicted molar refractivity (Wildman–Crippen MR) is 46.8 cm³/mol. The summed E-state index contributed by atoms with van der Waals surface area (Å²) >= 11 is 0. The second kappa shape index (κ2) is 2.71. The van der Waals surface area contributed by atoms with Gasteiger partial charge in [0.15, 0.2) is 0 Å². The Labute approximate surface area is 73.9 Å². The number of ether oxygens (including phenoxy) is 1. The molecule has 0 bridgehead atoms. The van der Waals surface area contributed by atoms with E-state index >= 15 is 0 Å². The highest BCUT2D eigenvalue weighted by atomic mass is 16.5. The lowest BCUT2D eigenvalue weighted by Crippen LogP contribution is -2.36. The SMILES string of the molecule is CC1CCC2C1COC2(C)CO. The summed E-state index contributed by atoms with van der Waals surface area (Å²) in [4.78, 5) is 0. The average Bonchev–Trinajstić information content (AvgIpc) is 2.57. The van der Waals surface area contributed by atoms with Gasteiger partial charge in [-0.05, 0) is 37.5 Å². The molecule has 4 unspecified atom stereocenters. The second-order valence-corrected chi connectivity index (χ2v) is 4.61. The van der Waals surface area contributed by atoms with Crippen LogP contribution in [0.15, 0.2) is 0 Å². The van der Waals surface area contributed by atoms with Crippen LogP contribution in [-0.4, -0.2) is 23.9 Å². The van der Waals surface area contributed by atoms with E-state index in [1.165, 1.54) is 12.8 Å². The number of hydrogen-bond donors (Lipinski definition) is 1. The second-order valence-electron chi connectivity index (χ2n) is 4.61. The molecule has 1 saturated carbocycles. The molecule has 1 aliphatic carbocycles. The smallest absolute Gasteiger partial charge is 0.0915 e. The van der Waals surface area contributed by atoms with Crippen LogP contribution in [0.5, 0.6) is 0 Å². The monoisotopic (exact) mass is 170 g/mol. The average molecular weight is 170 g/mol. The third-order valence-electron chi connectivity index (χ3n) is 3.88. The highest BCUT2D eigenvalue weighted by molar-refractivity contribution is 4.99. The van der Waals surface area contributed by atoms with Gasteiger partial charge in [0.2, 0.25) is 0 Å².